The van der Waals surface area contributed by atoms with Gasteiger partial charge in [0.05, 0.1) is 6.61 Å². The fourth-order valence-electron chi connectivity index (χ4n) is 1.18. The van der Waals surface area contributed by atoms with Gasteiger partial charge in [-0.05, 0) is 18.1 Å². The van der Waals surface area contributed by atoms with E-state index in [1.165, 1.54) is 0 Å². The van der Waals surface area contributed by atoms with Crippen molar-refractivity contribution in [3.8, 4) is 5.88 Å². The molecule has 0 aliphatic rings. The standard InChI is InChI=1S/C11H16ClNO2/c1-3-10-6-9(8-12)7-11(13-10)15-5-4-14-2/h6-7H,3-5,8H2,1-2H3. The monoisotopic (exact) mass is 229 g/mol. The second-order valence-corrected chi connectivity index (χ2v) is 3.40. The highest BCUT2D eigenvalue weighted by molar-refractivity contribution is 6.17. The molecule has 0 saturated carbocycles. The van der Waals surface area contributed by atoms with E-state index >= 15 is 0 Å². The minimum Gasteiger partial charge on any atom is -0.475 e. The summed E-state index contributed by atoms with van der Waals surface area (Å²) in [4.78, 5) is 4.34. The number of hydrogen-bond donors (Lipinski definition) is 0. The van der Waals surface area contributed by atoms with Crippen LogP contribution in [0.3, 0.4) is 0 Å². The SMILES string of the molecule is CCc1cc(CCl)cc(OCCOC)n1. The number of pyridine rings is 1. The summed E-state index contributed by atoms with van der Waals surface area (Å²) in [6.45, 7) is 3.13. The van der Waals surface area contributed by atoms with Gasteiger partial charge in [0, 0.05) is 24.8 Å². The number of ether oxygens (including phenoxy) is 2. The van der Waals surface area contributed by atoms with Crippen molar-refractivity contribution in [1.82, 2.24) is 4.98 Å². The Hall–Kier alpha value is -0.800. The molecule has 0 aliphatic heterocycles. The minimum atomic E-state index is 0.482. The van der Waals surface area contributed by atoms with Crippen LogP contribution in [-0.2, 0) is 17.0 Å². The van der Waals surface area contributed by atoms with Gasteiger partial charge in [0.25, 0.3) is 0 Å². The van der Waals surface area contributed by atoms with Gasteiger partial charge in [0.15, 0.2) is 0 Å². The molecule has 0 spiro atoms. The normalized spacial score (nSPS) is 10.3. The second-order valence-electron chi connectivity index (χ2n) is 3.13. The fraction of sp³-hybridized carbons (Fsp3) is 0.545. The molecule has 0 N–H and O–H groups in total. The molecule has 4 heteroatoms. The molecule has 1 rings (SSSR count). The van der Waals surface area contributed by atoms with E-state index in [9.17, 15) is 0 Å². The van der Waals surface area contributed by atoms with Gasteiger partial charge in [-0.15, -0.1) is 11.6 Å². The number of halogens is 1. The van der Waals surface area contributed by atoms with E-state index in [-0.39, 0.29) is 0 Å². The third-order valence-electron chi connectivity index (χ3n) is 1.97. The molecule has 1 heterocycles. The van der Waals surface area contributed by atoms with Crippen molar-refractivity contribution < 1.29 is 9.47 Å². The number of aromatic nitrogens is 1. The van der Waals surface area contributed by atoms with E-state index in [2.05, 4.69) is 11.9 Å². The molecule has 0 aliphatic carbocycles. The van der Waals surface area contributed by atoms with Gasteiger partial charge in [-0.2, -0.15) is 0 Å². The zero-order valence-corrected chi connectivity index (χ0v) is 9.88. The molecule has 0 radical (unpaired) electrons. The van der Waals surface area contributed by atoms with E-state index in [0.717, 1.165) is 17.7 Å². The van der Waals surface area contributed by atoms with Crippen LogP contribution in [-0.4, -0.2) is 25.3 Å². The molecular weight excluding hydrogens is 214 g/mol. The molecule has 0 atom stereocenters. The Morgan fingerprint density at radius 3 is 2.73 bits per heavy atom. The maximum Gasteiger partial charge on any atom is 0.213 e. The molecule has 0 bridgehead atoms. The van der Waals surface area contributed by atoms with E-state index in [1.807, 2.05) is 12.1 Å². The van der Waals surface area contributed by atoms with Crippen LogP contribution in [0.25, 0.3) is 0 Å². The van der Waals surface area contributed by atoms with Crippen molar-refractivity contribution >= 4 is 11.6 Å². The molecule has 15 heavy (non-hydrogen) atoms. The lowest BCUT2D eigenvalue weighted by Gasteiger charge is -2.07. The maximum absolute atomic E-state index is 5.78. The number of methoxy groups -OCH3 is 1. The van der Waals surface area contributed by atoms with E-state index in [1.54, 1.807) is 7.11 Å². The first-order valence-electron chi connectivity index (χ1n) is 4.97. The smallest absolute Gasteiger partial charge is 0.213 e. The van der Waals surface area contributed by atoms with Crippen molar-refractivity contribution in [2.75, 3.05) is 20.3 Å². The summed E-state index contributed by atoms with van der Waals surface area (Å²) in [6.07, 6.45) is 0.880. The Morgan fingerprint density at radius 1 is 1.33 bits per heavy atom. The third kappa shape index (κ3) is 4.06. The lowest BCUT2D eigenvalue weighted by atomic mass is 10.2. The second kappa shape index (κ2) is 6.64. The summed E-state index contributed by atoms with van der Waals surface area (Å²) < 4.78 is 10.3. The molecule has 0 saturated heterocycles. The highest BCUT2D eigenvalue weighted by Gasteiger charge is 2.02. The Balaban J connectivity index is 2.68. The van der Waals surface area contributed by atoms with Crippen molar-refractivity contribution in [3.05, 3.63) is 23.4 Å². The van der Waals surface area contributed by atoms with Crippen molar-refractivity contribution in [1.29, 1.82) is 0 Å². The average Bonchev–Trinajstić information content (AvgIpc) is 2.29. The molecule has 1 aromatic rings. The molecule has 84 valence electrons. The number of hydrogen-bond acceptors (Lipinski definition) is 3. The summed E-state index contributed by atoms with van der Waals surface area (Å²) >= 11 is 5.78. The molecule has 0 fully saturated rings. The molecule has 0 aromatic carbocycles. The summed E-state index contributed by atoms with van der Waals surface area (Å²) in [5, 5.41) is 0. The van der Waals surface area contributed by atoms with Crippen molar-refractivity contribution in [2.24, 2.45) is 0 Å². The van der Waals surface area contributed by atoms with Crippen LogP contribution in [0.4, 0.5) is 0 Å². The Labute approximate surface area is 95.4 Å². The van der Waals surface area contributed by atoms with Gasteiger partial charge in [-0.25, -0.2) is 4.98 Å². The zero-order valence-electron chi connectivity index (χ0n) is 9.12. The van der Waals surface area contributed by atoms with Crippen LogP contribution >= 0.6 is 11.6 Å². The predicted octanol–water partition coefficient (Wildman–Crippen LogP) is 2.41. The Bertz CT molecular complexity index is 282. The van der Waals surface area contributed by atoms with Crippen LogP contribution < -0.4 is 4.74 Å². The number of alkyl halides is 1. The molecule has 0 unspecified atom stereocenters. The Kier molecular flexibility index (Phi) is 5.43. The van der Waals surface area contributed by atoms with Crippen LogP contribution in [0.15, 0.2) is 12.1 Å². The number of nitrogens with zero attached hydrogens (tertiary/aromatic N) is 1. The van der Waals surface area contributed by atoms with E-state index in [4.69, 9.17) is 21.1 Å². The summed E-state index contributed by atoms with van der Waals surface area (Å²) in [5.74, 6) is 1.11. The fourth-order valence-corrected chi connectivity index (χ4v) is 1.34. The van der Waals surface area contributed by atoms with Gasteiger partial charge in [0.1, 0.15) is 6.61 Å². The van der Waals surface area contributed by atoms with Gasteiger partial charge in [-0.3, -0.25) is 0 Å². The first-order valence-corrected chi connectivity index (χ1v) is 5.51. The average molecular weight is 230 g/mol. The predicted molar refractivity (Wildman–Crippen MR) is 60.5 cm³/mol. The van der Waals surface area contributed by atoms with Gasteiger partial charge in [-0.1, -0.05) is 6.92 Å². The zero-order chi connectivity index (χ0) is 11.1. The van der Waals surface area contributed by atoms with E-state index < -0.39 is 0 Å². The van der Waals surface area contributed by atoms with Crippen molar-refractivity contribution in [3.63, 3.8) is 0 Å². The molecule has 3 nitrogen and oxygen atoms in total. The topological polar surface area (TPSA) is 31.4 Å². The highest BCUT2D eigenvalue weighted by Crippen LogP contribution is 2.15. The number of rotatable bonds is 6. The highest BCUT2D eigenvalue weighted by atomic mass is 35.5. The summed E-state index contributed by atoms with van der Waals surface area (Å²) in [7, 11) is 1.64. The maximum atomic E-state index is 5.78. The first-order chi connectivity index (χ1) is 7.30. The third-order valence-corrected chi connectivity index (χ3v) is 2.28. The lowest BCUT2D eigenvalue weighted by molar-refractivity contribution is 0.143. The summed E-state index contributed by atoms with van der Waals surface area (Å²) in [6, 6.07) is 3.86. The quantitative estimate of drug-likeness (QED) is 0.555. The van der Waals surface area contributed by atoms with Gasteiger partial charge in [0.2, 0.25) is 5.88 Å². The van der Waals surface area contributed by atoms with Crippen LogP contribution in [0.5, 0.6) is 5.88 Å². The molecular formula is C11H16ClNO2. The van der Waals surface area contributed by atoms with Crippen LogP contribution in [0.2, 0.25) is 0 Å². The molecule has 0 amide bonds. The van der Waals surface area contributed by atoms with E-state index in [0.29, 0.717) is 25.0 Å². The van der Waals surface area contributed by atoms with Crippen LogP contribution in [0, 0.1) is 0 Å². The minimum absolute atomic E-state index is 0.482. The Morgan fingerprint density at radius 2 is 2.13 bits per heavy atom. The first kappa shape index (κ1) is 12.3. The van der Waals surface area contributed by atoms with Gasteiger partial charge < -0.3 is 9.47 Å². The summed E-state index contributed by atoms with van der Waals surface area (Å²) in [5.41, 5.74) is 2.04. The largest absolute Gasteiger partial charge is 0.475 e. The van der Waals surface area contributed by atoms with Crippen LogP contribution in [0.1, 0.15) is 18.2 Å². The molecule has 1 aromatic heterocycles. The van der Waals surface area contributed by atoms with Crippen molar-refractivity contribution in [2.45, 2.75) is 19.2 Å². The lowest BCUT2D eigenvalue weighted by Crippen LogP contribution is -2.06. The number of aryl methyl sites for hydroxylation is 1. The van der Waals surface area contributed by atoms with Gasteiger partial charge >= 0.3 is 0 Å².